The zero-order chi connectivity index (χ0) is 13.1. The summed E-state index contributed by atoms with van der Waals surface area (Å²) in [5.74, 6) is 1.94. The quantitative estimate of drug-likeness (QED) is 0.727. The highest BCUT2D eigenvalue weighted by Gasteiger charge is 2.59. The average Bonchev–Trinajstić information content (AvgIpc) is 2.36. The molecule has 2 unspecified atom stereocenters. The minimum atomic E-state index is -0.0594. The van der Waals surface area contributed by atoms with Crippen LogP contribution in [-0.4, -0.2) is 24.1 Å². The van der Waals surface area contributed by atoms with Gasteiger partial charge < -0.3 is 0 Å². The summed E-state index contributed by atoms with van der Waals surface area (Å²) in [7, 11) is 0. The predicted octanol–water partition coefficient (Wildman–Crippen LogP) is 3.15. The molecule has 0 N–H and O–H groups in total. The lowest BCUT2D eigenvalue weighted by atomic mass is 9.44. The highest BCUT2D eigenvalue weighted by Crippen LogP contribution is 2.65. The lowest BCUT2D eigenvalue weighted by molar-refractivity contribution is -0.221. The third kappa shape index (κ3) is 1.84. The molecule has 4 aliphatic carbocycles. The molecule has 0 aromatic heterocycles. The van der Waals surface area contributed by atoms with Gasteiger partial charge in [-0.1, -0.05) is 6.92 Å². The third-order valence-electron chi connectivity index (χ3n) is 6.04. The Morgan fingerprint density at radius 2 is 1.89 bits per heavy atom. The lowest BCUT2D eigenvalue weighted by Crippen LogP contribution is -2.57. The Kier molecular flexibility index (Phi) is 2.55. The molecule has 19 heavy (non-hydrogen) atoms. The molecule has 1 heterocycles. The second kappa shape index (κ2) is 3.97. The van der Waals surface area contributed by atoms with Gasteiger partial charge in [0.2, 0.25) is 0 Å². The van der Waals surface area contributed by atoms with Crippen molar-refractivity contribution in [3.8, 4) is 0 Å². The van der Waals surface area contributed by atoms with Gasteiger partial charge in [-0.15, -0.1) is 0 Å². The second-order valence-corrected chi connectivity index (χ2v) is 8.00. The molecule has 5 rings (SSSR count). The van der Waals surface area contributed by atoms with Crippen molar-refractivity contribution in [1.29, 1.82) is 0 Å². The van der Waals surface area contributed by atoms with Crippen molar-refractivity contribution >= 4 is 5.91 Å². The summed E-state index contributed by atoms with van der Waals surface area (Å²) < 4.78 is 0. The number of hydrogen-bond donors (Lipinski definition) is 0. The number of rotatable bonds is 1. The molecule has 1 amide bonds. The third-order valence-corrected chi connectivity index (χ3v) is 6.04. The fraction of sp³-hybridized carbons (Fsp3) is 0.938. The van der Waals surface area contributed by atoms with Gasteiger partial charge in [0, 0.05) is 6.54 Å². The van der Waals surface area contributed by atoms with Crippen LogP contribution in [0, 0.1) is 22.7 Å². The normalized spacial score (nSPS) is 48.6. The maximum atomic E-state index is 13.0. The molecule has 1 aliphatic heterocycles. The van der Waals surface area contributed by atoms with Crippen molar-refractivity contribution in [2.75, 3.05) is 13.2 Å². The van der Waals surface area contributed by atoms with Crippen molar-refractivity contribution in [3.63, 3.8) is 0 Å². The summed E-state index contributed by atoms with van der Waals surface area (Å²) in [6.45, 7) is 3.96. The van der Waals surface area contributed by atoms with Crippen molar-refractivity contribution in [1.82, 2.24) is 5.06 Å². The van der Waals surface area contributed by atoms with E-state index in [1.165, 1.54) is 19.3 Å². The maximum absolute atomic E-state index is 13.0. The van der Waals surface area contributed by atoms with E-state index >= 15 is 0 Å². The Balaban J connectivity index is 1.60. The van der Waals surface area contributed by atoms with E-state index in [-0.39, 0.29) is 5.41 Å². The molecule has 2 atom stereocenters. The monoisotopic (exact) mass is 263 g/mol. The van der Waals surface area contributed by atoms with E-state index in [1.807, 2.05) is 0 Å². The van der Waals surface area contributed by atoms with Gasteiger partial charge in [0.1, 0.15) is 0 Å². The zero-order valence-corrected chi connectivity index (χ0v) is 12.0. The first-order valence-electron chi connectivity index (χ1n) is 8.04. The number of carbonyl (C=O) groups is 1. The Morgan fingerprint density at radius 3 is 2.47 bits per heavy atom. The summed E-state index contributed by atoms with van der Waals surface area (Å²) in [4.78, 5) is 18.6. The topological polar surface area (TPSA) is 29.5 Å². The van der Waals surface area contributed by atoms with Gasteiger partial charge in [-0.05, 0) is 68.6 Å². The first-order valence-corrected chi connectivity index (χ1v) is 8.04. The molecule has 0 spiro atoms. The van der Waals surface area contributed by atoms with Crippen LogP contribution in [0.1, 0.15) is 58.3 Å². The van der Waals surface area contributed by atoms with Gasteiger partial charge in [0.15, 0.2) is 0 Å². The summed E-state index contributed by atoms with van der Waals surface area (Å²) in [5.41, 5.74) is 0.381. The summed E-state index contributed by atoms with van der Waals surface area (Å²) in [5, 5.41) is 1.72. The molecule has 3 nitrogen and oxygen atoms in total. The number of hydrogen-bond acceptors (Lipinski definition) is 2. The minimum Gasteiger partial charge on any atom is -0.272 e. The summed E-state index contributed by atoms with van der Waals surface area (Å²) in [6, 6.07) is 0. The first kappa shape index (κ1) is 12.2. The first-order chi connectivity index (χ1) is 9.09. The standard InChI is InChI=1S/C16H25NO2/c1-15-7-12-6-13(8-15)10-16(9-12,11-15)14(18)17-4-2-3-5-19-17/h12-13H,2-11H2,1H3. The molecule has 4 bridgehead atoms. The molecule has 5 fully saturated rings. The van der Waals surface area contributed by atoms with Crippen LogP contribution < -0.4 is 0 Å². The highest BCUT2D eigenvalue weighted by atomic mass is 16.7. The van der Waals surface area contributed by atoms with Crippen LogP contribution in [0.4, 0.5) is 0 Å². The van der Waals surface area contributed by atoms with Gasteiger partial charge in [-0.25, -0.2) is 5.06 Å². The summed E-state index contributed by atoms with van der Waals surface area (Å²) >= 11 is 0. The van der Waals surface area contributed by atoms with Gasteiger partial charge >= 0.3 is 0 Å². The van der Waals surface area contributed by atoms with Gasteiger partial charge in [0.25, 0.3) is 5.91 Å². The van der Waals surface area contributed by atoms with E-state index in [4.69, 9.17) is 4.84 Å². The lowest BCUT2D eigenvalue weighted by Gasteiger charge is -2.61. The molecule has 3 heteroatoms. The van der Waals surface area contributed by atoms with Crippen LogP contribution in [0.15, 0.2) is 0 Å². The molecule has 5 aliphatic rings. The Hall–Kier alpha value is -0.570. The van der Waals surface area contributed by atoms with Crippen LogP contribution in [0.25, 0.3) is 0 Å². The fourth-order valence-electron chi connectivity index (χ4n) is 5.99. The predicted molar refractivity (Wildman–Crippen MR) is 72.1 cm³/mol. The molecule has 0 aromatic carbocycles. The number of carbonyl (C=O) groups excluding carboxylic acids is 1. The van der Waals surface area contributed by atoms with Crippen LogP contribution in [-0.2, 0) is 9.63 Å². The number of hydroxylamine groups is 2. The van der Waals surface area contributed by atoms with Crippen LogP contribution in [0.5, 0.6) is 0 Å². The fourth-order valence-corrected chi connectivity index (χ4v) is 5.99. The van der Waals surface area contributed by atoms with Crippen molar-refractivity contribution in [2.45, 2.75) is 58.3 Å². The van der Waals surface area contributed by atoms with Crippen molar-refractivity contribution in [3.05, 3.63) is 0 Å². The smallest absolute Gasteiger partial charge is 0.252 e. The average molecular weight is 263 g/mol. The molecule has 4 saturated carbocycles. The Bertz CT molecular complexity index is 386. The van der Waals surface area contributed by atoms with E-state index in [0.717, 1.165) is 57.1 Å². The molecule has 1 saturated heterocycles. The molecule has 0 radical (unpaired) electrons. The zero-order valence-electron chi connectivity index (χ0n) is 12.0. The van der Waals surface area contributed by atoms with E-state index in [2.05, 4.69) is 6.92 Å². The minimum absolute atomic E-state index is 0.0594. The molecule has 106 valence electrons. The van der Waals surface area contributed by atoms with E-state index in [9.17, 15) is 4.79 Å². The van der Waals surface area contributed by atoms with Crippen molar-refractivity contribution in [2.24, 2.45) is 22.7 Å². The summed E-state index contributed by atoms with van der Waals surface area (Å²) in [6.07, 6.45) is 9.69. The highest BCUT2D eigenvalue weighted by molar-refractivity contribution is 5.82. The van der Waals surface area contributed by atoms with Gasteiger partial charge in [-0.2, -0.15) is 0 Å². The number of amides is 1. The van der Waals surface area contributed by atoms with Crippen LogP contribution in [0.3, 0.4) is 0 Å². The SMILES string of the molecule is CC12CC3CC(C1)CC(C(=O)N1CCCCO1)(C3)C2. The van der Waals surface area contributed by atoms with E-state index in [0.29, 0.717) is 11.3 Å². The molecular formula is C16H25NO2. The maximum Gasteiger partial charge on any atom is 0.252 e. The van der Waals surface area contributed by atoms with E-state index < -0.39 is 0 Å². The molecular weight excluding hydrogens is 238 g/mol. The second-order valence-electron chi connectivity index (χ2n) is 8.00. The van der Waals surface area contributed by atoms with Crippen LogP contribution in [0.2, 0.25) is 0 Å². The molecule has 0 aromatic rings. The van der Waals surface area contributed by atoms with E-state index in [1.54, 1.807) is 5.06 Å². The van der Waals surface area contributed by atoms with Gasteiger partial charge in [0.05, 0.1) is 12.0 Å². The van der Waals surface area contributed by atoms with Gasteiger partial charge in [-0.3, -0.25) is 9.63 Å². The largest absolute Gasteiger partial charge is 0.272 e. The van der Waals surface area contributed by atoms with Crippen LogP contribution >= 0.6 is 0 Å². The Morgan fingerprint density at radius 1 is 1.16 bits per heavy atom. The number of nitrogens with zero attached hydrogens (tertiary/aromatic N) is 1. The van der Waals surface area contributed by atoms with Crippen molar-refractivity contribution < 1.29 is 9.63 Å². The Labute approximate surface area is 115 Å².